The van der Waals surface area contributed by atoms with Crippen molar-refractivity contribution in [3.63, 3.8) is 0 Å². The van der Waals surface area contributed by atoms with Gasteiger partial charge in [-0.05, 0) is 51.4 Å². The highest BCUT2D eigenvalue weighted by Gasteiger charge is 2.20. The lowest BCUT2D eigenvalue weighted by Crippen LogP contribution is -2.36. The fourth-order valence-corrected chi connectivity index (χ4v) is 4.53. The van der Waals surface area contributed by atoms with Crippen molar-refractivity contribution in [1.29, 1.82) is 0 Å². The molecule has 0 aliphatic rings. The van der Waals surface area contributed by atoms with Gasteiger partial charge in [0.1, 0.15) is 5.82 Å². The molecule has 0 unspecified atom stereocenters. The lowest BCUT2D eigenvalue weighted by molar-refractivity contribution is -0.118. The number of carbonyl (C=O) groups excluding carboxylic acids is 1. The Balaban J connectivity index is 1.70. The molecule has 0 saturated heterocycles. The average molecular weight is 418 g/mol. The Morgan fingerprint density at radius 1 is 1.14 bits per heavy atom. The van der Waals surface area contributed by atoms with Gasteiger partial charge in [-0.25, -0.2) is 9.37 Å². The average Bonchev–Trinajstić information content (AvgIpc) is 3.06. The van der Waals surface area contributed by atoms with Crippen molar-refractivity contribution in [1.82, 2.24) is 9.88 Å². The molecule has 2 aromatic carbocycles. The van der Waals surface area contributed by atoms with Gasteiger partial charge in [0.05, 0.1) is 10.2 Å². The first kappa shape index (κ1) is 20.8. The number of hydrogen-bond donors (Lipinski definition) is 0. The Hall–Kier alpha value is -1.96. The second-order valence-corrected chi connectivity index (χ2v) is 9.05. The third kappa shape index (κ3) is 5.53. The summed E-state index contributed by atoms with van der Waals surface area (Å²) < 4.78 is 14.3. The zero-order chi connectivity index (χ0) is 20.1. The number of benzene rings is 2. The first-order valence-corrected chi connectivity index (χ1v) is 10.9. The fraction of sp³-hybridized carbons (Fsp3) is 0.333. The summed E-state index contributed by atoms with van der Waals surface area (Å²) in [6.45, 7) is 3.36. The van der Waals surface area contributed by atoms with Crippen LogP contribution in [0.25, 0.3) is 10.2 Å². The van der Waals surface area contributed by atoms with Gasteiger partial charge < -0.3 is 4.90 Å². The van der Waals surface area contributed by atoms with Crippen LogP contribution in [-0.2, 0) is 4.79 Å². The highest BCUT2D eigenvalue weighted by atomic mass is 32.2. The van der Waals surface area contributed by atoms with Crippen molar-refractivity contribution in [3.05, 3.63) is 53.8 Å². The Morgan fingerprint density at radius 2 is 1.89 bits per heavy atom. The van der Waals surface area contributed by atoms with E-state index in [1.165, 1.54) is 29.0 Å². The van der Waals surface area contributed by atoms with E-state index in [-0.39, 0.29) is 11.7 Å². The van der Waals surface area contributed by atoms with Crippen LogP contribution in [0, 0.1) is 12.7 Å². The van der Waals surface area contributed by atoms with Crippen molar-refractivity contribution in [2.75, 3.05) is 37.8 Å². The molecule has 4 nitrogen and oxygen atoms in total. The number of amides is 1. The smallest absolute Gasteiger partial charge is 0.229 e. The standard InChI is InChI=1S/C21H24FN3OS2/c1-15-4-7-17(8-5-15)27-13-10-20(26)25(12-11-24(2)3)21-23-18-9-6-16(22)14-19(18)28-21/h4-9,14H,10-13H2,1-3H3. The summed E-state index contributed by atoms with van der Waals surface area (Å²) in [4.78, 5) is 22.4. The van der Waals surface area contributed by atoms with Gasteiger partial charge in [-0.2, -0.15) is 0 Å². The van der Waals surface area contributed by atoms with Crippen LogP contribution in [0.4, 0.5) is 9.52 Å². The summed E-state index contributed by atoms with van der Waals surface area (Å²) in [6, 6.07) is 12.8. The molecule has 1 amide bonds. The largest absolute Gasteiger partial charge is 0.308 e. The molecule has 0 atom stereocenters. The monoisotopic (exact) mass is 417 g/mol. The second kappa shape index (κ2) is 9.49. The molecular formula is C21H24FN3OS2. The maximum atomic E-state index is 13.5. The molecule has 148 valence electrons. The number of aryl methyl sites for hydroxylation is 1. The number of thioether (sulfide) groups is 1. The van der Waals surface area contributed by atoms with Crippen LogP contribution in [0.5, 0.6) is 0 Å². The maximum Gasteiger partial charge on any atom is 0.229 e. The number of fused-ring (bicyclic) bond motifs is 1. The highest BCUT2D eigenvalue weighted by Crippen LogP contribution is 2.30. The van der Waals surface area contributed by atoms with Crippen LogP contribution in [0.15, 0.2) is 47.4 Å². The van der Waals surface area contributed by atoms with E-state index in [9.17, 15) is 9.18 Å². The second-order valence-electron chi connectivity index (χ2n) is 6.87. The molecule has 0 spiro atoms. The normalized spacial score (nSPS) is 11.3. The molecule has 28 heavy (non-hydrogen) atoms. The van der Waals surface area contributed by atoms with E-state index in [1.807, 2.05) is 19.0 Å². The summed E-state index contributed by atoms with van der Waals surface area (Å²) in [7, 11) is 3.95. The fourth-order valence-electron chi connectivity index (χ4n) is 2.65. The van der Waals surface area contributed by atoms with Gasteiger partial charge in [-0.15, -0.1) is 11.8 Å². The minimum Gasteiger partial charge on any atom is -0.308 e. The molecule has 0 fully saturated rings. The number of carbonyl (C=O) groups is 1. The first-order valence-electron chi connectivity index (χ1n) is 9.13. The minimum atomic E-state index is -0.289. The van der Waals surface area contributed by atoms with E-state index in [1.54, 1.807) is 22.7 Å². The molecule has 0 aliphatic carbocycles. The predicted octanol–water partition coefficient (Wildman–Crippen LogP) is 4.82. The van der Waals surface area contributed by atoms with E-state index in [2.05, 4.69) is 36.2 Å². The van der Waals surface area contributed by atoms with Crippen molar-refractivity contribution in [2.24, 2.45) is 0 Å². The number of anilines is 1. The van der Waals surface area contributed by atoms with E-state index in [0.29, 0.717) is 23.8 Å². The quantitative estimate of drug-likeness (QED) is 0.492. The molecule has 1 heterocycles. The summed E-state index contributed by atoms with van der Waals surface area (Å²) in [5, 5.41) is 0.632. The molecular weight excluding hydrogens is 393 g/mol. The Kier molecular flexibility index (Phi) is 7.04. The van der Waals surface area contributed by atoms with Crippen LogP contribution in [0.3, 0.4) is 0 Å². The summed E-state index contributed by atoms with van der Waals surface area (Å²) in [5.41, 5.74) is 1.95. The van der Waals surface area contributed by atoms with Gasteiger partial charge in [0, 0.05) is 30.2 Å². The van der Waals surface area contributed by atoms with Gasteiger partial charge in [0.25, 0.3) is 0 Å². The molecule has 0 saturated carbocycles. The van der Waals surface area contributed by atoms with E-state index in [0.717, 1.165) is 21.7 Å². The zero-order valence-corrected chi connectivity index (χ0v) is 17.9. The van der Waals surface area contributed by atoms with Gasteiger partial charge in [0.2, 0.25) is 5.91 Å². The van der Waals surface area contributed by atoms with Crippen LogP contribution in [0.1, 0.15) is 12.0 Å². The predicted molar refractivity (Wildman–Crippen MR) is 117 cm³/mol. The third-order valence-corrected chi connectivity index (χ3v) is 6.30. The lowest BCUT2D eigenvalue weighted by atomic mass is 10.2. The van der Waals surface area contributed by atoms with Crippen LogP contribution in [-0.4, -0.2) is 48.7 Å². The SMILES string of the molecule is Cc1ccc(SCCC(=O)N(CCN(C)C)c2nc3ccc(F)cc3s2)cc1. The van der Waals surface area contributed by atoms with E-state index in [4.69, 9.17) is 0 Å². The minimum absolute atomic E-state index is 0.0426. The molecule has 1 aromatic heterocycles. The summed E-state index contributed by atoms with van der Waals surface area (Å²) >= 11 is 3.04. The number of aromatic nitrogens is 1. The molecule has 0 aliphatic heterocycles. The van der Waals surface area contributed by atoms with Crippen LogP contribution in [0.2, 0.25) is 0 Å². The van der Waals surface area contributed by atoms with E-state index < -0.39 is 0 Å². The first-order chi connectivity index (χ1) is 13.4. The van der Waals surface area contributed by atoms with Gasteiger partial charge in [-0.1, -0.05) is 29.0 Å². The topological polar surface area (TPSA) is 36.4 Å². The van der Waals surface area contributed by atoms with Crippen LogP contribution < -0.4 is 4.90 Å². The molecule has 3 aromatic rings. The van der Waals surface area contributed by atoms with Gasteiger partial charge >= 0.3 is 0 Å². The molecule has 0 radical (unpaired) electrons. The molecule has 7 heteroatoms. The van der Waals surface area contributed by atoms with Gasteiger partial charge in [0.15, 0.2) is 5.13 Å². The van der Waals surface area contributed by atoms with Crippen LogP contribution >= 0.6 is 23.1 Å². The number of hydrogen-bond acceptors (Lipinski definition) is 5. The van der Waals surface area contributed by atoms with Crippen molar-refractivity contribution in [3.8, 4) is 0 Å². The van der Waals surface area contributed by atoms with Crippen molar-refractivity contribution < 1.29 is 9.18 Å². The third-order valence-electron chi connectivity index (χ3n) is 4.25. The highest BCUT2D eigenvalue weighted by molar-refractivity contribution is 7.99. The zero-order valence-electron chi connectivity index (χ0n) is 16.3. The molecule has 3 rings (SSSR count). The number of thiazole rings is 1. The Bertz CT molecular complexity index is 940. The lowest BCUT2D eigenvalue weighted by Gasteiger charge is -2.22. The maximum absolute atomic E-state index is 13.5. The number of rotatable bonds is 8. The Labute approximate surface area is 173 Å². The van der Waals surface area contributed by atoms with E-state index >= 15 is 0 Å². The molecule has 0 N–H and O–H groups in total. The summed E-state index contributed by atoms with van der Waals surface area (Å²) in [6.07, 6.45) is 0.427. The molecule has 0 bridgehead atoms. The van der Waals surface area contributed by atoms with Crippen molar-refractivity contribution in [2.45, 2.75) is 18.2 Å². The number of nitrogens with zero attached hydrogens (tertiary/aromatic N) is 3. The number of halogens is 1. The number of likely N-dealkylation sites (N-methyl/N-ethyl adjacent to an activating group) is 1. The van der Waals surface area contributed by atoms with Gasteiger partial charge in [-0.3, -0.25) is 9.69 Å². The summed E-state index contributed by atoms with van der Waals surface area (Å²) in [5.74, 6) is 0.462. The Morgan fingerprint density at radius 3 is 2.61 bits per heavy atom. The van der Waals surface area contributed by atoms with Crippen molar-refractivity contribution >= 4 is 44.4 Å².